The van der Waals surface area contributed by atoms with E-state index in [9.17, 15) is 14.4 Å². The van der Waals surface area contributed by atoms with Gasteiger partial charge in [0.05, 0.1) is 5.56 Å². The van der Waals surface area contributed by atoms with Gasteiger partial charge in [0.25, 0.3) is 0 Å². The van der Waals surface area contributed by atoms with E-state index in [1.165, 1.54) is 0 Å². The standard InChI is InChI=1S/C15H19NO5/c1-15(2,3)21-14(19)16-10-11-4-6-12(7-5-11)13(18)20-9-8-17/h4-8H,9-10H2,1-3H3,(H,16,19). The predicted molar refractivity (Wildman–Crippen MR) is 75.9 cm³/mol. The second kappa shape index (κ2) is 7.42. The fourth-order valence-corrected chi connectivity index (χ4v) is 1.44. The molecule has 0 aromatic heterocycles. The first-order valence-electron chi connectivity index (χ1n) is 6.48. The smallest absolute Gasteiger partial charge is 0.407 e. The number of nitrogens with one attached hydrogen (secondary N) is 1. The van der Waals surface area contributed by atoms with Crippen molar-refractivity contribution < 1.29 is 23.9 Å². The molecule has 0 saturated carbocycles. The van der Waals surface area contributed by atoms with E-state index in [4.69, 9.17) is 4.74 Å². The number of amides is 1. The number of carbonyl (C=O) groups excluding carboxylic acids is 3. The van der Waals surface area contributed by atoms with Gasteiger partial charge in [0.2, 0.25) is 0 Å². The highest BCUT2D eigenvalue weighted by atomic mass is 16.6. The fraction of sp³-hybridized carbons (Fsp3) is 0.400. The highest BCUT2D eigenvalue weighted by Crippen LogP contribution is 2.08. The molecule has 21 heavy (non-hydrogen) atoms. The molecule has 0 aliphatic carbocycles. The van der Waals surface area contributed by atoms with E-state index in [-0.39, 0.29) is 6.61 Å². The molecule has 1 amide bonds. The van der Waals surface area contributed by atoms with Crippen LogP contribution in [0.15, 0.2) is 24.3 Å². The summed E-state index contributed by atoms with van der Waals surface area (Å²) in [6.07, 6.45) is 0.00813. The van der Waals surface area contributed by atoms with Crippen molar-refractivity contribution in [3.8, 4) is 0 Å². The van der Waals surface area contributed by atoms with Crippen molar-refractivity contribution in [3.05, 3.63) is 35.4 Å². The molecule has 1 aromatic rings. The SMILES string of the molecule is CC(C)(C)OC(=O)NCc1ccc(C(=O)OCC=O)cc1. The Kier molecular flexibility index (Phi) is 5.90. The van der Waals surface area contributed by atoms with Crippen molar-refractivity contribution in [2.75, 3.05) is 6.61 Å². The summed E-state index contributed by atoms with van der Waals surface area (Å²) in [6, 6.07) is 6.52. The van der Waals surface area contributed by atoms with Crippen LogP contribution in [-0.4, -0.2) is 30.6 Å². The molecule has 0 atom stereocenters. The third-order valence-electron chi connectivity index (χ3n) is 2.31. The minimum absolute atomic E-state index is 0.263. The maximum Gasteiger partial charge on any atom is 0.407 e. The van der Waals surface area contributed by atoms with Crippen LogP contribution in [0.5, 0.6) is 0 Å². The van der Waals surface area contributed by atoms with Gasteiger partial charge >= 0.3 is 12.1 Å². The molecule has 0 saturated heterocycles. The normalized spacial score (nSPS) is 10.6. The van der Waals surface area contributed by atoms with Gasteiger partial charge in [-0.25, -0.2) is 9.59 Å². The van der Waals surface area contributed by atoms with E-state index < -0.39 is 17.7 Å². The lowest BCUT2D eigenvalue weighted by molar-refractivity contribution is -0.110. The number of rotatable bonds is 5. The summed E-state index contributed by atoms with van der Waals surface area (Å²) in [7, 11) is 0. The van der Waals surface area contributed by atoms with Crippen LogP contribution in [0.1, 0.15) is 36.7 Å². The average Bonchev–Trinajstić information content (AvgIpc) is 2.41. The summed E-state index contributed by atoms with van der Waals surface area (Å²) in [6.45, 7) is 5.38. The molecule has 1 N–H and O–H groups in total. The highest BCUT2D eigenvalue weighted by molar-refractivity contribution is 5.90. The van der Waals surface area contributed by atoms with Crippen molar-refractivity contribution >= 4 is 18.3 Å². The first kappa shape index (κ1) is 16.7. The molecule has 0 aliphatic heterocycles. The zero-order chi connectivity index (χ0) is 15.9. The second-order valence-corrected chi connectivity index (χ2v) is 5.32. The molecule has 1 aromatic carbocycles. The molecule has 0 radical (unpaired) electrons. The molecule has 114 valence electrons. The number of benzene rings is 1. The maximum atomic E-state index is 11.5. The van der Waals surface area contributed by atoms with Gasteiger partial charge in [-0.15, -0.1) is 0 Å². The molecule has 0 fully saturated rings. The first-order valence-corrected chi connectivity index (χ1v) is 6.48. The van der Waals surface area contributed by atoms with Gasteiger partial charge in [-0.05, 0) is 38.5 Å². The van der Waals surface area contributed by atoms with Gasteiger partial charge < -0.3 is 14.8 Å². The van der Waals surface area contributed by atoms with Crippen LogP contribution in [0.4, 0.5) is 4.79 Å². The van der Waals surface area contributed by atoms with Gasteiger partial charge in [-0.3, -0.25) is 4.79 Å². The van der Waals surface area contributed by atoms with Crippen LogP contribution in [0.2, 0.25) is 0 Å². The third kappa shape index (κ3) is 6.56. The Morgan fingerprint density at radius 1 is 1.19 bits per heavy atom. The van der Waals surface area contributed by atoms with Crippen LogP contribution >= 0.6 is 0 Å². The molecule has 1 rings (SSSR count). The van der Waals surface area contributed by atoms with Crippen molar-refractivity contribution in [2.45, 2.75) is 32.9 Å². The summed E-state index contributed by atoms with van der Waals surface area (Å²) in [5, 5.41) is 2.61. The number of hydrogen-bond donors (Lipinski definition) is 1. The number of hydrogen-bond acceptors (Lipinski definition) is 5. The molecule has 0 aliphatic rings. The molecule has 6 nitrogen and oxygen atoms in total. The van der Waals surface area contributed by atoms with Gasteiger partial charge in [0.15, 0.2) is 6.29 Å². The number of esters is 1. The average molecular weight is 293 g/mol. The molecular weight excluding hydrogens is 274 g/mol. The Labute approximate surface area is 123 Å². The number of aldehydes is 1. The monoisotopic (exact) mass is 293 g/mol. The lowest BCUT2D eigenvalue weighted by Gasteiger charge is -2.19. The summed E-state index contributed by atoms with van der Waals surface area (Å²) in [4.78, 5) is 33.1. The van der Waals surface area contributed by atoms with Gasteiger partial charge in [-0.1, -0.05) is 12.1 Å². The first-order chi connectivity index (χ1) is 9.81. The summed E-state index contributed by atoms with van der Waals surface area (Å²) in [5.74, 6) is -0.561. The fourth-order valence-electron chi connectivity index (χ4n) is 1.44. The van der Waals surface area contributed by atoms with E-state index in [1.807, 2.05) is 0 Å². The molecule has 0 bridgehead atoms. The van der Waals surface area contributed by atoms with Gasteiger partial charge in [0.1, 0.15) is 12.2 Å². The minimum Gasteiger partial charge on any atom is -0.454 e. The van der Waals surface area contributed by atoms with E-state index in [0.717, 1.165) is 5.56 Å². The number of ether oxygens (including phenoxy) is 2. The van der Waals surface area contributed by atoms with Crippen LogP contribution in [-0.2, 0) is 20.8 Å². The molecule has 6 heteroatoms. The van der Waals surface area contributed by atoms with Crippen LogP contribution in [0, 0.1) is 0 Å². The highest BCUT2D eigenvalue weighted by Gasteiger charge is 2.15. The number of alkyl carbamates (subject to hydrolysis) is 1. The quantitative estimate of drug-likeness (QED) is 0.664. The summed E-state index contributed by atoms with van der Waals surface area (Å²) >= 11 is 0. The van der Waals surface area contributed by atoms with Crippen LogP contribution in [0.25, 0.3) is 0 Å². The van der Waals surface area contributed by atoms with Gasteiger partial charge in [-0.2, -0.15) is 0 Å². The lowest BCUT2D eigenvalue weighted by atomic mass is 10.1. The number of carbonyl (C=O) groups is 3. The molecule has 0 unspecified atom stereocenters. The maximum absolute atomic E-state index is 11.5. The molecule has 0 heterocycles. The van der Waals surface area contributed by atoms with Crippen LogP contribution < -0.4 is 5.32 Å². The Morgan fingerprint density at radius 3 is 2.33 bits per heavy atom. The van der Waals surface area contributed by atoms with Crippen molar-refractivity contribution in [1.29, 1.82) is 0 Å². The summed E-state index contributed by atoms with van der Waals surface area (Å²) in [5.41, 5.74) is 0.613. The van der Waals surface area contributed by atoms with Crippen LogP contribution in [0.3, 0.4) is 0 Å². The minimum atomic E-state index is -0.561. The zero-order valence-electron chi connectivity index (χ0n) is 12.3. The topological polar surface area (TPSA) is 81.7 Å². The lowest BCUT2D eigenvalue weighted by Crippen LogP contribution is -2.32. The Morgan fingerprint density at radius 2 is 1.81 bits per heavy atom. The largest absolute Gasteiger partial charge is 0.454 e. The molecule has 0 spiro atoms. The third-order valence-corrected chi connectivity index (χ3v) is 2.31. The Bertz CT molecular complexity index is 502. The summed E-state index contributed by atoms with van der Waals surface area (Å²) < 4.78 is 9.78. The van der Waals surface area contributed by atoms with Crippen molar-refractivity contribution in [2.24, 2.45) is 0 Å². The van der Waals surface area contributed by atoms with Crippen molar-refractivity contribution in [1.82, 2.24) is 5.32 Å². The zero-order valence-corrected chi connectivity index (χ0v) is 12.3. The Hall–Kier alpha value is -2.37. The van der Waals surface area contributed by atoms with E-state index in [0.29, 0.717) is 18.4 Å². The van der Waals surface area contributed by atoms with Gasteiger partial charge in [0, 0.05) is 6.54 Å². The van der Waals surface area contributed by atoms with E-state index in [1.54, 1.807) is 45.0 Å². The van der Waals surface area contributed by atoms with E-state index in [2.05, 4.69) is 10.1 Å². The molecular formula is C15H19NO5. The predicted octanol–water partition coefficient (Wildman–Crippen LogP) is 2.07. The van der Waals surface area contributed by atoms with Crippen molar-refractivity contribution in [3.63, 3.8) is 0 Å². The Balaban J connectivity index is 2.49. The second-order valence-electron chi connectivity index (χ2n) is 5.32. The van der Waals surface area contributed by atoms with E-state index >= 15 is 0 Å².